The summed E-state index contributed by atoms with van der Waals surface area (Å²) in [7, 11) is 0. The zero-order valence-corrected chi connectivity index (χ0v) is 11.0. The summed E-state index contributed by atoms with van der Waals surface area (Å²) in [6, 6.07) is 5.25. The second-order valence-corrected chi connectivity index (χ2v) is 4.80. The Balaban J connectivity index is 2.13. The van der Waals surface area contributed by atoms with Crippen LogP contribution in [-0.4, -0.2) is 23.9 Å². The number of carbonyl (C=O) groups excluding carboxylic acids is 1. The highest BCUT2D eigenvalue weighted by Crippen LogP contribution is 2.32. The Bertz CT molecular complexity index is 502. The quantitative estimate of drug-likeness (QED) is 0.757. The van der Waals surface area contributed by atoms with Crippen LogP contribution in [0.1, 0.15) is 30.4 Å². The van der Waals surface area contributed by atoms with Gasteiger partial charge in [0.1, 0.15) is 0 Å². The molecule has 2 rings (SSSR count). The Hall–Kier alpha value is -1.78. The molecule has 0 aromatic heterocycles. The lowest BCUT2D eigenvalue weighted by atomic mass is 10.1. The lowest BCUT2D eigenvalue weighted by Crippen LogP contribution is -2.34. The maximum atomic E-state index is 12.8. The van der Waals surface area contributed by atoms with Crippen LogP contribution in [0, 0.1) is 0 Å². The van der Waals surface area contributed by atoms with Gasteiger partial charge in [-0.25, -0.2) is 0 Å². The molecule has 0 bridgehead atoms. The van der Waals surface area contributed by atoms with Gasteiger partial charge in [0.05, 0.1) is 5.56 Å². The van der Waals surface area contributed by atoms with E-state index >= 15 is 0 Å². The predicted octanol–water partition coefficient (Wildman–Crippen LogP) is 3.73. The molecule has 108 valence electrons. The number of hydrogen-bond donors (Lipinski definition) is 0. The van der Waals surface area contributed by atoms with Crippen molar-refractivity contribution < 1.29 is 18.0 Å². The number of rotatable bonds is 2. The smallest absolute Gasteiger partial charge is 0.339 e. The van der Waals surface area contributed by atoms with E-state index < -0.39 is 11.7 Å². The largest absolute Gasteiger partial charge is 0.416 e. The van der Waals surface area contributed by atoms with Crippen LogP contribution in [0.15, 0.2) is 30.3 Å². The zero-order chi connectivity index (χ0) is 14.6. The first-order valence-corrected chi connectivity index (χ1v) is 6.62. The van der Waals surface area contributed by atoms with Gasteiger partial charge in [0, 0.05) is 19.2 Å². The molecule has 0 saturated carbocycles. The van der Waals surface area contributed by atoms with Gasteiger partial charge in [-0.3, -0.25) is 4.79 Å². The van der Waals surface area contributed by atoms with Gasteiger partial charge in [0.15, 0.2) is 0 Å². The molecule has 1 aromatic rings. The number of alkyl halides is 3. The highest BCUT2D eigenvalue weighted by Gasteiger charge is 2.32. The van der Waals surface area contributed by atoms with Crippen LogP contribution < -0.4 is 0 Å². The minimum atomic E-state index is -4.41. The highest BCUT2D eigenvalue weighted by atomic mass is 19.4. The fourth-order valence-electron chi connectivity index (χ4n) is 2.28. The van der Waals surface area contributed by atoms with E-state index in [-0.39, 0.29) is 11.5 Å². The molecule has 0 unspecified atom stereocenters. The molecule has 1 amide bonds. The van der Waals surface area contributed by atoms with Crippen molar-refractivity contribution in [2.24, 2.45) is 0 Å². The van der Waals surface area contributed by atoms with Crippen molar-refractivity contribution in [1.82, 2.24) is 4.90 Å². The Labute approximate surface area is 115 Å². The second-order valence-electron chi connectivity index (χ2n) is 4.80. The number of piperidine rings is 1. The SMILES string of the molecule is O=C(/C=C/c1ccccc1C(F)(F)F)N1CCCCC1. The van der Waals surface area contributed by atoms with Crippen molar-refractivity contribution in [2.75, 3.05) is 13.1 Å². The Kier molecular flexibility index (Phi) is 4.47. The van der Waals surface area contributed by atoms with E-state index in [0.717, 1.165) is 25.3 Å². The molecule has 0 spiro atoms. The van der Waals surface area contributed by atoms with Gasteiger partial charge in [0.2, 0.25) is 5.91 Å². The van der Waals surface area contributed by atoms with E-state index in [1.54, 1.807) is 4.90 Å². The first kappa shape index (κ1) is 14.6. The van der Waals surface area contributed by atoms with Gasteiger partial charge < -0.3 is 4.90 Å². The molecule has 0 aliphatic carbocycles. The average Bonchev–Trinajstić information content (AvgIpc) is 2.45. The first-order chi connectivity index (χ1) is 9.48. The molecule has 0 atom stereocenters. The molecule has 1 aliphatic heterocycles. The zero-order valence-electron chi connectivity index (χ0n) is 11.0. The third kappa shape index (κ3) is 3.62. The molecule has 1 aromatic carbocycles. The summed E-state index contributed by atoms with van der Waals surface area (Å²) >= 11 is 0. The predicted molar refractivity (Wildman–Crippen MR) is 70.9 cm³/mol. The summed E-state index contributed by atoms with van der Waals surface area (Å²) in [6.07, 6.45) is 1.09. The Morgan fingerprint density at radius 1 is 1.10 bits per heavy atom. The molecule has 1 aliphatic rings. The molecule has 20 heavy (non-hydrogen) atoms. The van der Waals surface area contributed by atoms with E-state index in [2.05, 4.69) is 0 Å². The number of hydrogen-bond acceptors (Lipinski definition) is 1. The molecule has 0 N–H and O–H groups in total. The number of carbonyl (C=O) groups is 1. The van der Waals surface area contributed by atoms with Crippen LogP contribution in [0.5, 0.6) is 0 Å². The third-order valence-corrected chi connectivity index (χ3v) is 3.34. The van der Waals surface area contributed by atoms with E-state index in [1.807, 2.05) is 0 Å². The summed E-state index contributed by atoms with van der Waals surface area (Å²) in [4.78, 5) is 13.6. The maximum absolute atomic E-state index is 12.8. The lowest BCUT2D eigenvalue weighted by molar-refractivity contribution is -0.137. The normalized spacial score (nSPS) is 16.6. The van der Waals surface area contributed by atoms with Gasteiger partial charge in [-0.2, -0.15) is 13.2 Å². The molecule has 2 nitrogen and oxygen atoms in total. The van der Waals surface area contributed by atoms with Gasteiger partial charge in [-0.1, -0.05) is 18.2 Å². The number of halogens is 3. The molecule has 1 heterocycles. The van der Waals surface area contributed by atoms with Gasteiger partial charge in [-0.05, 0) is 37.0 Å². The van der Waals surface area contributed by atoms with Crippen LogP contribution in [0.2, 0.25) is 0 Å². The molecular weight excluding hydrogens is 267 g/mol. The van der Waals surface area contributed by atoms with Gasteiger partial charge >= 0.3 is 6.18 Å². The molecule has 0 radical (unpaired) electrons. The monoisotopic (exact) mass is 283 g/mol. The topological polar surface area (TPSA) is 20.3 Å². The van der Waals surface area contributed by atoms with Crippen molar-refractivity contribution >= 4 is 12.0 Å². The fourth-order valence-corrected chi connectivity index (χ4v) is 2.28. The summed E-state index contributed by atoms with van der Waals surface area (Å²) in [5.74, 6) is -0.221. The maximum Gasteiger partial charge on any atom is 0.416 e. The van der Waals surface area contributed by atoms with Crippen LogP contribution in [-0.2, 0) is 11.0 Å². The van der Waals surface area contributed by atoms with Crippen molar-refractivity contribution in [1.29, 1.82) is 0 Å². The van der Waals surface area contributed by atoms with Crippen LogP contribution in [0.4, 0.5) is 13.2 Å². The second kappa shape index (κ2) is 6.11. The Morgan fingerprint density at radius 3 is 2.40 bits per heavy atom. The summed E-state index contributed by atoms with van der Waals surface area (Å²) in [5, 5.41) is 0. The third-order valence-electron chi connectivity index (χ3n) is 3.34. The minimum Gasteiger partial charge on any atom is -0.339 e. The standard InChI is InChI=1S/C15H16F3NO/c16-15(17,18)13-7-3-2-6-12(13)8-9-14(20)19-10-4-1-5-11-19/h2-3,6-9H,1,4-5,10-11H2/b9-8+. The molecule has 1 saturated heterocycles. The van der Waals surface area contributed by atoms with Crippen molar-refractivity contribution in [2.45, 2.75) is 25.4 Å². The lowest BCUT2D eigenvalue weighted by Gasteiger charge is -2.25. The number of amides is 1. The first-order valence-electron chi connectivity index (χ1n) is 6.62. The average molecular weight is 283 g/mol. The van der Waals surface area contributed by atoms with Crippen LogP contribution >= 0.6 is 0 Å². The summed E-state index contributed by atoms with van der Waals surface area (Å²) in [5.41, 5.74) is -0.701. The number of nitrogens with zero attached hydrogens (tertiary/aromatic N) is 1. The summed E-state index contributed by atoms with van der Waals surface area (Å²) in [6.45, 7) is 1.37. The fraction of sp³-hybridized carbons (Fsp3) is 0.400. The number of likely N-dealkylation sites (tertiary alicyclic amines) is 1. The van der Waals surface area contributed by atoms with Crippen molar-refractivity contribution in [3.05, 3.63) is 41.5 Å². The van der Waals surface area contributed by atoms with Crippen LogP contribution in [0.25, 0.3) is 6.08 Å². The minimum absolute atomic E-state index is 0.0189. The van der Waals surface area contributed by atoms with E-state index in [4.69, 9.17) is 0 Å². The van der Waals surface area contributed by atoms with Crippen LogP contribution in [0.3, 0.4) is 0 Å². The van der Waals surface area contributed by atoms with Crippen molar-refractivity contribution in [3.8, 4) is 0 Å². The van der Waals surface area contributed by atoms with Crippen molar-refractivity contribution in [3.63, 3.8) is 0 Å². The van der Waals surface area contributed by atoms with E-state index in [0.29, 0.717) is 13.1 Å². The van der Waals surface area contributed by atoms with E-state index in [9.17, 15) is 18.0 Å². The van der Waals surface area contributed by atoms with E-state index in [1.165, 1.54) is 30.4 Å². The number of benzene rings is 1. The Morgan fingerprint density at radius 2 is 1.75 bits per heavy atom. The van der Waals surface area contributed by atoms with Gasteiger partial charge in [-0.15, -0.1) is 0 Å². The highest BCUT2D eigenvalue weighted by molar-refractivity contribution is 5.92. The molecule has 5 heteroatoms. The summed E-state index contributed by atoms with van der Waals surface area (Å²) < 4.78 is 38.4. The molecule has 1 fully saturated rings. The van der Waals surface area contributed by atoms with Gasteiger partial charge in [0.25, 0.3) is 0 Å². The molecular formula is C15H16F3NO.